The normalized spacial score (nSPS) is 13.2. The van der Waals surface area contributed by atoms with Gasteiger partial charge in [-0.1, -0.05) is 0 Å². The summed E-state index contributed by atoms with van der Waals surface area (Å²) in [5.41, 5.74) is 4.38. The largest absolute Gasteiger partial charge is 0.386 e. The van der Waals surface area contributed by atoms with Gasteiger partial charge >= 0.3 is 0 Å². The third kappa shape index (κ3) is 3.24. The highest BCUT2D eigenvalue weighted by molar-refractivity contribution is 5.88. The Morgan fingerprint density at radius 2 is 1.36 bits per heavy atom. The average molecular weight is 197 g/mol. The third-order valence-electron chi connectivity index (χ3n) is 2.13. The van der Waals surface area contributed by atoms with Crippen molar-refractivity contribution < 1.29 is 0 Å². The standard InChI is InChI=1S/C9H19N5/c1-6(10)8(2,3)13-14-9(4,5)7(11)12/h10H,1-5H3,(H3,11,12)/b10-6?,14-13+. The van der Waals surface area contributed by atoms with E-state index >= 15 is 0 Å². The van der Waals surface area contributed by atoms with Crippen molar-refractivity contribution in [3.05, 3.63) is 0 Å². The molecule has 0 atom stereocenters. The van der Waals surface area contributed by atoms with Gasteiger partial charge in [0.25, 0.3) is 0 Å². The van der Waals surface area contributed by atoms with Crippen LogP contribution in [0, 0.1) is 10.8 Å². The quantitative estimate of drug-likeness (QED) is 0.358. The zero-order chi connectivity index (χ0) is 11.6. The van der Waals surface area contributed by atoms with E-state index in [-0.39, 0.29) is 5.84 Å². The van der Waals surface area contributed by atoms with Gasteiger partial charge in [0.15, 0.2) is 0 Å². The van der Waals surface area contributed by atoms with Gasteiger partial charge < -0.3 is 11.1 Å². The number of nitrogens with one attached hydrogen (secondary N) is 2. The average Bonchev–Trinajstić information content (AvgIpc) is 2.01. The Morgan fingerprint density at radius 3 is 1.64 bits per heavy atom. The van der Waals surface area contributed by atoms with Gasteiger partial charge in [0.1, 0.15) is 16.9 Å². The summed E-state index contributed by atoms with van der Waals surface area (Å²) in [5.74, 6) is -0.0281. The lowest BCUT2D eigenvalue weighted by atomic mass is 10.0. The second-order valence-electron chi connectivity index (χ2n) is 4.36. The van der Waals surface area contributed by atoms with E-state index in [9.17, 15) is 0 Å². The van der Waals surface area contributed by atoms with Crippen LogP contribution in [0.5, 0.6) is 0 Å². The maximum Gasteiger partial charge on any atom is 0.132 e. The molecular weight excluding hydrogens is 178 g/mol. The number of hydrogen-bond acceptors (Lipinski definition) is 4. The predicted octanol–water partition coefficient (Wildman–Crippen LogP) is 1.97. The summed E-state index contributed by atoms with van der Waals surface area (Å²) < 4.78 is 0. The minimum atomic E-state index is -0.785. The van der Waals surface area contributed by atoms with Gasteiger partial charge in [-0.3, -0.25) is 5.41 Å². The molecule has 14 heavy (non-hydrogen) atoms. The molecule has 0 radical (unpaired) electrons. The highest BCUT2D eigenvalue weighted by atomic mass is 15.2. The first kappa shape index (κ1) is 12.7. The van der Waals surface area contributed by atoms with Gasteiger partial charge in [0, 0.05) is 5.71 Å². The zero-order valence-corrected chi connectivity index (χ0v) is 9.47. The number of nitrogens with two attached hydrogens (primary N) is 1. The molecule has 0 aromatic heterocycles. The lowest BCUT2D eigenvalue weighted by molar-refractivity contribution is 0.558. The molecule has 0 amide bonds. The van der Waals surface area contributed by atoms with Crippen molar-refractivity contribution in [3.8, 4) is 0 Å². The highest BCUT2D eigenvalue weighted by Crippen LogP contribution is 2.16. The SMILES string of the molecule is CC(=N)C(C)(C)/N=N/C(C)(C)C(=N)N. The Bertz CT molecular complexity index is 247. The zero-order valence-electron chi connectivity index (χ0n) is 9.47. The van der Waals surface area contributed by atoms with Gasteiger partial charge in [-0.2, -0.15) is 10.2 Å². The van der Waals surface area contributed by atoms with Crippen LogP contribution in [0.25, 0.3) is 0 Å². The predicted molar refractivity (Wildman–Crippen MR) is 58.3 cm³/mol. The Kier molecular flexibility index (Phi) is 3.51. The van der Waals surface area contributed by atoms with E-state index < -0.39 is 11.1 Å². The van der Waals surface area contributed by atoms with Crippen LogP contribution in [0.1, 0.15) is 34.6 Å². The van der Waals surface area contributed by atoms with E-state index in [1.165, 1.54) is 0 Å². The van der Waals surface area contributed by atoms with E-state index in [2.05, 4.69) is 10.2 Å². The first-order chi connectivity index (χ1) is 6.09. The topological polar surface area (TPSA) is 98.4 Å². The van der Waals surface area contributed by atoms with Gasteiger partial charge in [0.2, 0.25) is 0 Å². The minimum absolute atomic E-state index is 0.0281. The second-order valence-corrected chi connectivity index (χ2v) is 4.36. The van der Waals surface area contributed by atoms with Gasteiger partial charge in [-0.15, -0.1) is 0 Å². The Hall–Kier alpha value is -1.26. The second kappa shape index (κ2) is 3.86. The number of hydrogen-bond donors (Lipinski definition) is 3. The molecule has 0 saturated heterocycles. The lowest BCUT2D eigenvalue weighted by Gasteiger charge is -2.21. The monoisotopic (exact) mass is 197 g/mol. The molecular formula is C9H19N5. The molecule has 5 heteroatoms. The van der Waals surface area contributed by atoms with Crippen LogP contribution in [0.3, 0.4) is 0 Å². The summed E-state index contributed by atoms with van der Waals surface area (Å²) in [6.07, 6.45) is 0. The number of nitrogens with zero attached hydrogens (tertiary/aromatic N) is 2. The maximum atomic E-state index is 7.47. The van der Waals surface area contributed by atoms with Crippen molar-refractivity contribution in [1.82, 2.24) is 0 Å². The van der Waals surface area contributed by atoms with Gasteiger partial charge in [-0.05, 0) is 34.6 Å². The minimum Gasteiger partial charge on any atom is -0.386 e. The van der Waals surface area contributed by atoms with Crippen LogP contribution in [-0.4, -0.2) is 22.6 Å². The van der Waals surface area contributed by atoms with Crippen LogP contribution in [0.4, 0.5) is 0 Å². The molecule has 0 bridgehead atoms. The first-order valence-corrected chi connectivity index (χ1v) is 4.44. The summed E-state index contributed by atoms with van der Waals surface area (Å²) in [7, 11) is 0. The molecule has 0 spiro atoms. The number of rotatable bonds is 4. The summed E-state index contributed by atoms with van der Waals surface area (Å²) in [4.78, 5) is 0. The number of azo groups is 1. The van der Waals surface area contributed by atoms with Crippen molar-refractivity contribution in [2.75, 3.05) is 0 Å². The summed E-state index contributed by atoms with van der Waals surface area (Å²) >= 11 is 0. The van der Waals surface area contributed by atoms with E-state index in [0.29, 0.717) is 5.71 Å². The van der Waals surface area contributed by atoms with Crippen molar-refractivity contribution in [2.45, 2.75) is 45.7 Å². The summed E-state index contributed by atoms with van der Waals surface area (Å²) in [6, 6.07) is 0. The molecule has 4 N–H and O–H groups in total. The molecule has 0 unspecified atom stereocenters. The Morgan fingerprint density at radius 1 is 1.00 bits per heavy atom. The molecule has 0 aliphatic carbocycles. The van der Waals surface area contributed by atoms with Crippen LogP contribution < -0.4 is 5.73 Å². The highest BCUT2D eigenvalue weighted by Gasteiger charge is 2.24. The molecule has 0 aliphatic heterocycles. The van der Waals surface area contributed by atoms with E-state index in [0.717, 1.165) is 0 Å². The van der Waals surface area contributed by atoms with Crippen LogP contribution in [-0.2, 0) is 0 Å². The fraction of sp³-hybridized carbons (Fsp3) is 0.778. The van der Waals surface area contributed by atoms with E-state index in [4.69, 9.17) is 16.6 Å². The van der Waals surface area contributed by atoms with Crippen molar-refractivity contribution in [1.29, 1.82) is 10.8 Å². The lowest BCUT2D eigenvalue weighted by Crippen LogP contribution is -2.36. The molecule has 0 rings (SSSR count). The maximum absolute atomic E-state index is 7.47. The van der Waals surface area contributed by atoms with Crippen molar-refractivity contribution in [2.24, 2.45) is 16.0 Å². The van der Waals surface area contributed by atoms with Gasteiger partial charge in [0.05, 0.1) is 0 Å². The fourth-order valence-electron chi connectivity index (χ4n) is 0.379. The fourth-order valence-corrected chi connectivity index (χ4v) is 0.379. The van der Waals surface area contributed by atoms with E-state index in [1.54, 1.807) is 34.6 Å². The molecule has 0 heterocycles. The van der Waals surface area contributed by atoms with Gasteiger partial charge in [-0.25, -0.2) is 0 Å². The van der Waals surface area contributed by atoms with E-state index in [1.807, 2.05) is 0 Å². The van der Waals surface area contributed by atoms with Crippen LogP contribution in [0.15, 0.2) is 10.2 Å². The Balaban J connectivity index is 4.76. The molecule has 80 valence electrons. The first-order valence-electron chi connectivity index (χ1n) is 4.44. The molecule has 5 nitrogen and oxygen atoms in total. The summed E-state index contributed by atoms with van der Waals surface area (Å²) in [6.45, 7) is 8.71. The van der Waals surface area contributed by atoms with Crippen LogP contribution in [0.2, 0.25) is 0 Å². The molecule has 0 saturated carbocycles. The summed E-state index contributed by atoms with van der Waals surface area (Å²) in [5, 5.41) is 22.8. The van der Waals surface area contributed by atoms with Crippen molar-refractivity contribution >= 4 is 11.5 Å². The number of amidine groups is 1. The smallest absolute Gasteiger partial charge is 0.132 e. The molecule has 0 fully saturated rings. The third-order valence-corrected chi connectivity index (χ3v) is 2.13. The Labute approximate surface area is 84.8 Å². The van der Waals surface area contributed by atoms with Crippen LogP contribution >= 0.6 is 0 Å². The van der Waals surface area contributed by atoms with Crippen molar-refractivity contribution in [3.63, 3.8) is 0 Å². The molecule has 0 aliphatic rings. The molecule has 0 aromatic carbocycles. The molecule has 0 aromatic rings.